The summed E-state index contributed by atoms with van der Waals surface area (Å²) < 4.78 is 6.15. The van der Waals surface area contributed by atoms with Gasteiger partial charge < -0.3 is 10.5 Å². The zero-order valence-corrected chi connectivity index (χ0v) is 13.7. The van der Waals surface area contributed by atoms with Crippen LogP contribution in [0.1, 0.15) is 11.3 Å². The van der Waals surface area contributed by atoms with Gasteiger partial charge in [-0.25, -0.2) is 4.98 Å². The molecular weight excluding hydrogens is 340 g/mol. The molecule has 0 radical (unpaired) electrons. The lowest BCUT2D eigenvalue weighted by atomic mass is 10.1. The fourth-order valence-electron chi connectivity index (χ4n) is 2.28. The fourth-order valence-corrected chi connectivity index (χ4v) is 2.84. The van der Waals surface area contributed by atoms with E-state index in [9.17, 15) is 0 Å². The van der Waals surface area contributed by atoms with E-state index in [0.29, 0.717) is 0 Å². The van der Waals surface area contributed by atoms with Gasteiger partial charge in [-0.15, -0.1) is 0 Å². The molecule has 3 rings (SSSR count). The van der Waals surface area contributed by atoms with Crippen LogP contribution < -0.4 is 10.5 Å². The quantitative estimate of drug-likeness (QED) is 0.737. The Morgan fingerprint density at radius 1 is 1.09 bits per heavy atom. The summed E-state index contributed by atoms with van der Waals surface area (Å²) in [5.74, 6) is 0.810. The highest BCUT2D eigenvalue weighted by atomic mass is 79.9. The Balaban J connectivity index is 1.94. The van der Waals surface area contributed by atoms with Crippen molar-refractivity contribution in [3.05, 3.63) is 64.3 Å². The van der Waals surface area contributed by atoms with E-state index in [0.717, 1.165) is 38.1 Å². The van der Waals surface area contributed by atoms with E-state index in [1.807, 2.05) is 60.7 Å². The van der Waals surface area contributed by atoms with E-state index < -0.39 is 0 Å². The lowest BCUT2D eigenvalue weighted by molar-refractivity contribution is 0.412. The zero-order valence-electron chi connectivity index (χ0n) is 12.1. The SMILES string of the molecule is COc1ccc(C=Cc2cc(N)c3ccccc3n2)cc1Br. The predicted molar refractivity (Wildman–Crippen MR) is 95.8 cm³/mol. The summed E-state index contributed by atoms with van der Waals surface area (Å²) in [5.41, 5.74) is 9.62. The van der Waals surface area contributed by atoms with E-state index in [4.69, 9.17) is 10.5 Å². The lowest BCUT2D eigenvalue weighted by Crippen LogP contribution is -1.91. The largest absolute Gasteiger partial charge is 0.496 e. The number of halogens is 1. The van der Waals surface area contributed by atoms with Crippen molar-refractivity contribution >= 4 is 44.7 Å². The molecule has 0 saturated carbocycles. The summed E-state index contributed by atoms with van der Waals surface area (Å²) in [5, 5.41) is 0.979. The van der Waals surface area contributed by atoms with Crippen LogP contribution in [0.2, 0.25) is 0 Å². The Bertz CT molecular complexity index is 859. The molecule has 0 bridgehead atoms. The summed E-state index contributed by atoms with van der Waals surface area (Å²) in [4.78, 5) is 4.60. The lowest BCUT2D eigenvalue weighted by Gasteiger charge is -2.04. The molecule has 4 heteroatoms. The van der Waals surface area contributed by atoms with E-state index in [1.165, 1.54) is 0 Å². The standard InChI is InChI=1S/C18H15BrN2O/c1-22-18-9-7-12(10-15(18)19)6-8-13-11-16(20)14-4-2-3-5-17(14)21-13/h2-11H,1H3,(H2,20,21). The second-order valence-electron chi connectivity index (χ2n) is 4.88. The molecule has 0 amide bonds. The molecule has 0 aliphatic carbocycles. The van der Waals surface area contributed by atoms with Gasteiger partial charge in [-0.3, -0.25) is 0 Å². The third kappa shape index (κ3) is 2.97. The van der Waals surface area contributed by atoms with Gasteiger partial charge in [-0.05, 0) is 51.8 Å². The maximum Gasteiger partial charge on any atom is 0.133 e. The molecule has 0 aliphatic rings. The Kier molecular flexibility index (Phi) is 4.11. The van der Waals surface area contributed by atoms with Crippen LogP contribution >= 0.6 is 15.9 Å². The van der Waals surface area contributed by atoms with Crippen LogP contribution in [0.5, 0.6) is 5.75 Å². The first-order valence-corrected chi connectivity index (χ1v) is 7.63. The predicted octanol–water partition coefficient (Wildman–Crippen LogP) is 4.76. The molecule has 3 nitrogen and oxygen atoms in total. The number of hydrogen-bond acceptors (Lipinski definition) is 3. The summed E-state index contributed by atoms with van der Waals surface area (Å²) in [6.07, 6.45) is 3.96. The minimum Gasteiger partial charge on any atom is -0.496 e. The van der Waals surface area contributed by atoms with Gasteiger partial charge in [0.05, 0.1) is 22.8 Å². The van der Waals surface area contributed by atoms with Gasteiger partial charge in [-0.1, -0.05) is 30.3 Å². The van der Waals surface area contributed by atoms with Crippen molar-refractivity contribution < 1.29 is 4.74 Å². The number of methoxy groups -OCH3 is 1. The molecule has 2 aromatic carbocycles. The molecule has 110 valence electrons. The van der Waals surface area contributed by atoms with Crippen LogP contribution in [0.25, 0.3) is 23.1 Å². The zero-order chi connectivity index (χ0) is 15.5. The van der Waals surface area contributed by atoms with E-state index in [-0.39, 0.29) is 0 Å². The van der Waals surface area contributed by atoms with Crippen molar-refractivity contribution in [1.82, 2.24) is 4.98 Å². The minimum absolute atomic E-state index is 0.737. The fraction of sp³-hybridized carbons (Fsp3) is 0.0556. The topological polar surface area (TPSA) is 48.1 Å². The van der Waals surface area contributed by atoms with Gasteiger partial charge in [0.25, 0.3) is 0 Å². The molecule has 0 spiro atoms. The number of nitrogens with zero attached hydrogens (tertiary/aromatic N) is 1. The number of rotatable bonds is 3. The van der Waals surface area contributed by atoms with E-state index in [1.54, 1.807) is 7.11 Å². The second kappa shape index (κ2) is 6.20. The van der Waals surface area contributed by atoms with Crippen molar-refractivity contribution in [1.29, 1.82) is 0 Å². The highest BCUT2D eigenvalue weighted by Crippen LogP contribution is 2.26. The number of nitrogen functional groups attached to an aromatic ring is 1. The van der Waals surface area contributed by atoms with Crippen molar-refractivity contribution in [2.45, 2.75) is 0 Å². The third-order valence-corrected chi connectivity index (χ3v) is 4.01. The minimum atomic E-state index is 0.737. The molecule has 0 saturated heterocycles. The van der Waals surface area contributed by atoms with E-state index >= 15 is 0 Å². The Morgan fingerprint density at radius 2 is 1.91 bits per heavy atom. The number of pyridine rings is 1. The van der Waals surface area contributed by atoms with Crippen molar-refractivity contribution in [2.75, 3.05) is 12.8 Å². The number of ether oxygens (including phenoxy) is 1. The van der Waals surface area contributed by atoms with Gasteiger partial charge >= 0.3 is 0 Å². The van der Waals surface area contributed by atoms with Crippen molar-refractivity contribution in [2.24, 2.45) is 0 Å². The highest BCUT2D eigenvalue weighted by Gasteiger charge is 2.02. The first-order chi connectivity index (χ1) is 10.7. The van der Waals surface area contributed by atoms with Crippen molar-refractivity contribution in [3.8, 4) is 5.75 Å². The number of fused-ring (bicyclic) bond motifs is 1. The van der Waals surface area contributed by atoms with Crippen LogP contribution in [0, 0.1) is 0 Å². The monoisotopic (exact) mass is 354 g/mol. The smallest absolute Gasteiger partial charge is 0.133 e. The summed E-state index contributed by atoms with van der Waals surface area (Å²) in [6.45, 7) is 0. The first-order valence-electron chi connectivity index (χ1n) is 6.84. The maximum absolute atomic E-state index is 6.09. The summed E-state index contributed by atoms with van der Waals surface area (Å²) in [6, 6.07) is 15.7. The van der Waals surface area contributed by atoms with Gasteiger partial charge in [-0.2, -0.15) is 0 Å². The normalized spacial score (nSPS) is 11.2. The number of para-hydroxylation sites is 1. The van der Waals surface area contributed by atoms with Crippen molar-refractivity contribution in [3.63, 3.8) is 0 Å². The molecule has 1 aromatic heterocycles. The number of nitrogens with two attached hydrogens (primary N) is 1. The number of anilines is 1. The second-order valence-corrected chi connectivity index (χ2v) is 5.74. The molecule has 0 fully saturated rings. The molecule has 0 atom stereocenters. The van der Waals surface area contributed by atoms with Crippen LogP contribution in [0.3, 0.4) is 0 Å². The average molecular weight is 355 g/mol. The molecular formula is C18H15BrN2O. The molecule has 2 N–H and O–H groups in total. The van der Waals surface area contributed by atoms with Crippen LogP contribution in [0.15, 0.2) is 53.0 Å². The van der Waals surface area contributed by atoms with Crippen LogP contribution in [-0.4, -0.2) is 12.1 Å². The number of aromatic nitrogens is 1. The Hall–Kier alpha value is -2.33. The Labute approximate surface area is 137 Å². The van der Waals surface area contributed by atoms with Crippen LogP contribution in [-0.2, 0) is 0 Å². The van der Waals surface area contributed by atoms with E-state index in [2.05, 4.69) is 20.9 Å². The molecule has 0 unspecified atom stereocenters. The third-order valence-electron chi connectivity index (χ3n) is 3.39. The first kappa shape index (κ1) is 14.6. The van der Waals surface area contributed by atoms with Gasteiger partial charge in [0, 0.05) is 11.1 Å². The van der Waals surface area contributed by atoms with Gasteiger partial charge in [0.15, 0.2) is 0 Å². The van der Waals surface area contributed by atoms with Gasteiger partial charge in [0.1, 0.15) is 5.75 Å². The van der Waals surface area contributed by atoms with Crippen LogP contribution in [0.4, 0.5) is 5.69 Å². The van der Waals surface area contributed by atoms with Gasteiger partial charge in [0.2, 0.25) is 0 Å². The molecule has 22 heavy (non-hydrogen) atoms. The maximum atomic E-state index is 6.09. The Morgan fingerprint density at radius 3 is 2.68 bits per heavy atom. The number of benzene rings is 2. The average Bonchev–Trinajstić information content (AvgIpc) is 2.53. The summed E-state index contributed by atoms with van der Waals surface area (Å²) >= 11 is 3.48. The molecule has 0 aliphatic heterocycles. The number of hydrogen-bond donors (Lipinski definition) is 1. The summed E-state index contributed by atoms with van der Waals surface area (Å²) in [7, 11) is 1.65. The highest BCUT2D eigenvalue weighted by molar-refractivity contribution is 9.10. The molecule has 3 aromatic rings. The molecule has 1 heterocycles.